The molecule has 0 rings (SSSR count). The highest BCUT2D eigenvalue weighted by Crippen LogP contribution is 1.71. The van der Waals surface area contributed by atoms with Crippen LogP contribution in [-0.4, -0.2) is 26.7 Å². The van der Waals surface area contributed by atoms with E-state index in [1.807, 2.05) is 0 Å². The first kappa shape index (κ1) is 8.35. The number of methoxy groups -OCH3 is 1. The van der Waals surface area contributed by atoms with Gasteiger partial charge in [0.2, 0.25) is 0 Å². The monoisotopic (exact) mass is 134 g/mol. The smallest absolute Gasteiger partial charge is 0.334 e. The number of esters is 1. The second-order valence-electron chi connectivity index (χ2n) is 1.22. The van der Waals surface area contributed by atoms with E-state index in [1.54, 1.807) is 7.05 Å². The molecule has 0 aliphatic heterocycles. The summed E-state index contributed by atoms with van der Waals surface area (Å²) in [5, 5.41) is 0. The normalized spacial score (nSPS) is 9.11. The van der Waals surface area contributed by atoms with E-state index < -0.39 is 5.97 Å². The van der Waals surface area contributed by atoms with E-state index in [0.29, 0.717) is 0 Å². The molecule has 0 atom stereocenters. The predicted octanol–water partition coefficient (Wildman–Crippen LogP) is -1.18. The zero-order chi connectivity index (χ0) is 7.11. The Morgan fingerprint density at radius 3 is 2.78 bits per heavy atom. The summed E-state index contributed by atoms with van der Waals surface area (Å²) in [4.78, 5) is 14.8. The van der Waals surface area contributed by atoms with Crippen LogP contribution in [-0.2, 0) is 14.4 Å². The molecule has 2 N–H and O–H groups in total. The van der Waals surface area contributed by atoms with Crippen LogP contribution in [0.2, 0.25) is 0 Å². The Balaban J connectivity index is 2.97. The van der Waals surface area contributed by atoms with E-state index in [-0.39, 0.29) is 6.61 Å². The first-order valence-corrected chi connectivity index (χ1v) is 2.41. The third-order valence-corrected chi connectivity index (χ3v) is 0.592. The molecule has 0 unspecified atom stereocenters. The molecule has 0 heterocycles. The first-order valence-electron chi connectivity index (χ1n) is 2.41. The molecule has 0 bridgehead atoms. The second-order valence-corrected chi connectivity index (χ2v) is 1.22. The molecule has 0 aromatic heterocycles. The highest BCUT2D eigenvalue weighted by molar-refractivity contribution is 5.70. The maximum Gasteiger partial charge on any atom is 0.334 e. The summed E-state index contributed by atoms with van der Waals surface area (Å²) >= 11 is 0. The number of rotatable bonds is 4. The van der Waals surface area contributed by atoms with E-state index in [0.717, 1.165) is 0 Å². The van der Waals surface area contributed by atoms with Gasteiger partial charge >= 0.3 is 5.97 Å². The fourth-order valence-corrected chi connectivity index (χ4v) is 0.226. The lowest BCUT2D eigenvalue weighted by Gasteiger charge is -2.00. The maximum atomic E-state index is 10.3. The summed E-state index contributed by atoms with van der Waals surface area (Å²) in [5.41, 5.74) is 4.73. The largest absolute Gasteiger partial charge is 0.467 e. The standard InChI is InChI=1S/C4H10N2O3/c1-5-6-9-3-4(7)8-2/h5-6H,3H2,1-2H3. The number of carbonyl (C=O) groups is 1. The fraction of sp³-hybridized carbons (Fsp3) is 0.750. The third kappa shape index (κ3) is 5.22. The van der Waals surface area contributed by atoms with Crippen LogP contribution in [0.3, 0.4) is 0 Å². The van der Waals surface area contributed by atoms with Crippen molar-refractivity contribution in [3.05, 3.63) is 0 Å². The van der Waals surface area contributed by atoms with Crippen molar-refractivity contribution in [1.82, 2.24) is 11.0 Å². The van der Waals surface area contributed by atoms with Crippen molar-refractivity contribution in [2.24, 2.45) is 0 Å². The van der Waals surface area contributed by atoms with Crippen LogP contribution in [0.4, 0.5) is 0 Å². The highest BCUT2D eigenvalue weighted by Gasteiger charge is 1.96. The molecule has 54 valence electrons. The Bertz CT molecular complexity index is 85.9. The van der Waals surface area contributed by atoms with Crippen molar-refractivity contribution in [3.8, 4) is 0 Å². The summed E-state index contributed by atoms with van der Waals surface area (Å²) in [6, 6.07) is 0. The molecule has 5 heteroatoms. The summed E-state index contributed by atoms with van der Waals surface area (Å²) in [6.07, 6.45) is 0. The van der Waals surface area contributed by atoms with Crippen LogP contribution in [0.1, 0.15) is 0 Å². The molecule has 0 aromatic carbocycles. The summed E-state index contributed by atoms with van der Waals surface area (Å²) in [5.74, 6) is -0.419. The van der Waals surface area contributed by atoms with E-state index >= 15 is 0 Å². The van der Waals surface area contributed by atoms with Gasteiger partial charge in [-0.1, -0.05) is 0 Å². The maximum absolute atomic E-state index is 10.3. The zero-order valence-corrected chi connectivity index (χ0v) is 5.43. The fourth-order valence-electron chi connectivity index (χ4n) is 0.226. The van der Waals surface area contributed by atoms with Gasteiger partial charge in [0, 0.05) is 7.05 Å². The average Bonchev–Trinajstić information content (AvgIpc) is 1.89. The van der Waals surface area contributed by atoms with Gasteiger partial charge in [-0.3, -0.25) is 4.84 Å². The van der Waals surface area contributed by atoms with E-state index in [1.165, 1.54) is 7.11 Å². The zero-order valence-electron chi connectivity index (χ0n) is 5.43. The van der Waals surface area contributed by atoms with E-state index in [9.17, 15) is 4.79 Å². The van der Waals surface area contributed by atoms with Crippen LogP contribution >= 0.6 is 0 Å². The Hall–Kier alpha value is -0.650. The van der Waals surface area contributed by atoms with Gasteiger partial charge in [0.15, 0.2) is 6.61 Å². The van der Waals surface area contributed by atoms with Crippen LogP contribution in [0.5, 0.6) is 0 Å². The molecule has 0 fully saturated rings. The van der Waals surface area contributed by atoms with Crippen molar-refractivity contribution in [2.45, 2.75) is 0 Å². The molecular formula is C4H10N2O3. The Kier molecular flexibility index (Phi) is 5.09. The predicted molar refractivity (Wildman–Crippen MR) is 30.2 cm³/mol. The van der Waals surface area contributed by atoms with E-state index in [4.69, 9.17) is 0 Å². The van der Waals surface area contributed by atoms with Gasteiger partial charge in [-0.05, 0) is 0 Å². The van der Waals surface area contributed by atoms with E-state index in [2.05, 4.69) is 20.6 Å². The van der Waals surface area contributed by atoms with Gasteiger partial charge in [-0.2, -0.15) is 0 Å². The van der Waals surface area contributed by atoms with Crippen molar-refractivity contribution in [1.29, 1.82) is 0 Å². The van der Waals surface area contributed by atoms with Gasteiger partial charge in [-0.25, -0.2) is 10.2 Å². The summed E-state index contributed by atoms with van der Waals surface area (Å²) in [6.45, 7) is -0.0999. The number of ether oxygens (including phenoxy) is 1. The topological polar surface area (TPSA) is 59.6 Å². The molecule has 0 aliphatic carbocycles. The lowest BCUT2D eigenvalue weighted by Crippen LogP contribution is -2.30. The van der Waals surface area contributed by atoms with Crippen LogP contribution in [0.25, 0.3) is 0 Å². The van der Waals surface area contributed by atoms with Crippen LogP contribution < -0.4 is 11.0 Å². The van der Waals surface area contributed by atoms with Crippen LogP contribution in [0, 0.1) is 0 Å². The van der Waals surface area contributed by atoms with Gasteiger partial charge < -0.3 is 4.74 Å². The molecule has 0 amide bonds. The SMILES string of the molecule is CNNOCC(=O)OC. The van der Waals surface area contributed by atoms with Crippen molar-refractivity contribution >= 4 is 5.97 Å². The number of hydrogen-bond acceptors (Lipinski definition) is 5. The molecule has 0 radical (unpaired) electrons. The number of hydrazine groups is 1. The van der Waals surface area contributed by atoms with Crippen LogP contribution in [0.15, 0.2) is 0 Å². The molecule has 0 aliphatic rings. The molecule has 0 saturated carbocycles. The molecule has 0 spiro atoms. The number of carbonyl (C=O) groups excluding carboxylic acids is 1. The molecule has 5 nitrogen and oxygen atoms in total. The van der Waals surface area contributed by atoms with Gasteiger partial charge in [0.25, 0.3) is 0 Å². The highest BCUT2D eigenvalue weighted by atomic mass is 16.7. The minimum Gasteiger partial charge on any atom is -0.467 e. The van der Waals surface area contributed by atoms with Crippen molar-refractivity contribution in [3.63, 3.8) is 0 Å². The number of hydrogen-bond donors (Lipinski definition) is 2. The van der Waals surface area contributed by atoms with Crippen molar-refractivity contribution < 1.29 is 14.4 Å². The minimum atomic E-state index is -0.419. The molecule has 0 aromatic rings. The third-order valence-electron chi connectivity index (χ3n) is 0.592. The second kappa shape index (κ2) is 5.49. The van der Waals surface area contributed by atoms with Gasteiger partial charge in [0.05, 0.1) is 7.11 Å². The average molecular weight is 134 g/mol. The minimum absolute atomic E-state index is 0.0999. The lowest BCUT2D eigenvalue weighted by molar-refractivity contribution is -0.149. The summed E-state index contributed by atoms with van der Waals surface area (Å²) < 4.78 is 4.27. The van der Waals surface area contributed by atoms with Crippen molar-refractivity contribution in [2.75, 3.05) is 20.8 Å². The van der Waals surface area contributed by atoms with Gasteiger partial charge in [0.1, 0.15) is 0 Å². The molecule has 0 saturated heterocycles. The lowest BCUT2D eigenvalue weighted by atomic mass is 10.7. The number of nitrogens with one attached hydrogen (secondary N) is 2. The Morgan fingerprint density at radius 2 is 2.33 bits per heavy atom. The molecular weight excluding hydrogens is 124 g/mol. The van der Waals surface area contributed by atoms with Gasteiger partial charge in [-0.15, -0.1) is 5.59 Å². The molecule has 9 heavy (non-hydrogen) atoms. The summed E-state index contributed by atoms with van der Waals surface area (Å²) in [7, 11) is 2.92. The Morgan fingerprint density at radius 1 is 1.67 bits per heavy atom. The first-order chi connectivity index (χ1) is 4.31. The quantitative estimate of drug-likeness (QED) is 0.288. The Labute approximate surface area is 53.2 Å².